The van der Waals surface area contributed by atoms with Gasteiger partial charge in [-0.3, -0.25) is 14.4 Å². The summed E-state index contributed by atoms with van der Waals surface area (Å²) in [6.07, 6.45) is 2.63. The molecule has 0 amide bonds. The molecule has 0 aromatic carbocycles. The van der Waals surface area contributed by atoms with Crippen molar-refractivity contribution < 1.29 is 14.4 Å². The summed E-state index contributed by atoms with van der Waals surface area (Å²) in [7, 11) is 0. The van der Waals surface area contributed by atoms with Crippen molar-refractivity contribution in [2.75, 3.05) is 0 Å². The van der Waals surface area contributed by atoms with Gasteiger partial charge in [0.15, 0.2) is 5.78 Å². The van der Waals surface area contributed by atoms with Crippen LogP contribution in [0.4, 0.5) is 0 Å². The summed E-state index contributed by atoms with van der Waals surface area (Å²) in [5, 5.41) is 0. The minimum Gasteiger partial charge on any atom is -0.294 e. The van der Waals surface area contributed by atoms with E-state index in [1.807, 2.05) is 0 Å². The van der Waals surface area contributed by atoms with Crippen molar-refractivity contribution in [3.05, 3.63) is 12.2 Å². The maximum absolute atomic E-state index is 10.9. The summed E-state index contributed by atoms with van der Waals surface area (Å²) >= 11 is 0. The van der Waals surface area contributed by atoms with E-state index in [1.165, 1.54) is 6.08 Å². The van der Waals surface area contributed by atoms with E-state index in [9.17, 15) is 14.4 Å². The van der Waals surface area contributed by atoms with Gasteiger partial charge in [-0.25, -0.2) is 0 Å². The summed E-state index contributed by atoms with van der Waals surface area (Å²) in [6.45, 7) is 1.72. The number of rotatable bonds is 1. The molecule has 0 saturated carbocycles. The Labute approximate surface area is 64.1 Å². The van der Waals surface area contributed by atoms with Crippen LogP contribution in [0.5, 0.6) is 0 Å². The van der Waals surface area contributed by atoms with Gasteiger partial charge >= 0.3 is 0 Å². The molecule has 0 aromatic heterocycles. The molecule has 1 unspecified atom stereocenters. The molecule has 0 radical (unpaired) electrons. The van der Waals surface area contributed by atoms with Crippen LogP contribution in [-0.4, -0.2) is 17.3 Å². The Morgan fingerprint density at radius 3 is 2.36 bits per heavy atom. The van der Waals surface area contributed by atoms with Crippen LogP contribution in [0.25, 0.3) is 0 Å². The highest BCUT2D eigenvalue weighted by Crippen LogP contribution is 2.11. The van der Waals surface area contributed by atoms with E-state index in [2.05, 4.69) is 0 Å². The van der Waals surface area contributed by atoms with Crippen LogP contribution in [-0.2, 0) is 14.4 Å². The van der Waals surface area contributed by atoms with Crippen molar-refractivity contribution in [3.63, 3.8) is 0 Å². The van der Waals surface area contributed by atoms with E-state index >= 15 is 0 Å². The fraction of sp³-hybridized carbons (Fsp3) is 0.375. The second kappa shape index (κ2) is 2.78. The zero-order valence-corrected chi connectivity index (χ0v) is 6.16. The number of carbonyl (C=O) groups is 3. The minimum atomic E-state index is -0.715. The topological polar surface area (TPSA) is 51.2 Å². The Morgan fingerprint density at radius 1 is 1.27 bits per heavy atom. The third-order valence-electron chi connectivity index (χ3n) is 1.71. The normalized spacial score (nSPS) is 24.5. The molecule has 1 aliphatic carbocycles. The van der Waals surface area contributed by atoms with Crippen LogP contribution >= 0.6 is 0 Å². The van der Waals surface area contributed by atoms with Crippen molar-refractivity contribution in [2.24, 2.45) is 5.92 Å². The van der Waals surface area contributed by atoms with E-state index in [1.54, 1.807) is 6.92 Å². The number of allylic oxidation sites excluding steroid dienone is 2. The van der Waals surface area contributed by atoms with Crippen LogP contribution in [0, 0.1) is 5.92 Å². The molecule has 0 aromatic rings. The highest BCUT2D eigenvalue weighted by Gasteiger charge is 2.30. The molecule has 0 saturated heterocycles. The minimum absolute atomic E-state index is 0.253. The molecule has 0 heterocycles. The predicted molar refractivity (Wildman–Crippen MR) is 37.9 cm³/mol. The van der Waals surface area contributed by atoms with Crippen LogP contribution in [0.3, 0.4) is 0 Å². The fourth-order valence-corrected chi connectivity index (χ4v) is 1.04. The summed E-state index contributed by atoms with van der Waals surface area (Å²) in [5.74, 6) is -2.10. The van der Waals surface area contributed by atoms with Crippen molar-refractivity contribution in [3.8, 4) is 0 Å². The first-order chi connectivity index (χ1) is 5.16. The molecule has 0 N–H and O–H groups in total. The molecule has 0 aliphatic heterocycles. The smallest absolute Gasteiger partial charge is 0.222 e. The first-order valence-corrected chi connectivity index (χ1v) is 3.47. The summed E-state index contributed by atoms with van der Waals surface area (Å²) in [6, 6.07) is 0. The van der Waals surface area contributed by atoms with Crippen molar-refractivity contribution in [2.45, 2.75) is 13.3 Å². The third-order valence-corrected chi connectivity index (χ3v) is 1.71. The summed E-state index contributed by atoms with van der Waals surface area (Å²) in [5.41, 5.74) is 0. The van der Waals surface area contributed by atoms with Gasteiger partial charge in [0.25, 0.3) is 0 Å². The van der Waals surface area contributed by atoms with Gasteiger partial charge in [0, 0.05) is 0 Å². The first kappa shape index (κ1) is 7.85. The van der Waals surface area contributed by atoms with Crippen molar-refractivity contribution >= 4 is 17.3 Å². The van der Waals surface area contributed by atoms with Gasteiger partial charge in [-0.1, -0.05) is 6.92 Å². The predicted octanol–water partition coefficient (Wildman–Crippen LogP) is 0.290. The average molecular weight is 152 g/mol. The lowest BCUT2D eigenvalue weighted by atomic mass is 9.89. The number of Topliss-reactive ketones (excluding diaryl/α,β-unsaturated/α-hetero) is 1. The molecular weight excluding hydrogens is 144 g/mol. The molecule has 3 nitrogen and oxygen atoms in total. The van der Waals surface area contributed by atoms with E-state index in [-0.39, 0.29) is 5.78 Å². The quantitative estimate of drug-likeness (QED) is 0.401. The average Bonchev–Trinajstić information content (AvgIpc) is 1.99. The Hall–Kier alpha value is -1.25. The van der Waals surface area contributed by atoms with Gasteiger partial charge < -0.3 is 0 Å². The lowest BCUT2D eigenvalue weighted by Crippen LogP contribution is -2.31. The second-order valence-corrected chi connectivity index (χ2v) is 2.43. The third kappa shape index (κ3) is 1.27. The van der Waals surface area contributed by atoms with Gasteiger partial charge in [-0.15, -0.1) is 0 Å². The zero-order chi connectivity index (χ0) is 8.43. The van der Waals surface area contributed by atoms with Crippen LogP contribution in [0.15, 0.2) is 12.2 Å². The molecule has 1 atom stereocenters. The molecule has 3 heteroatoms. The maximum atomic E-state index is 10.9. The largest absolute Gasteiger partial charge is 0.294 e. The highest BCUT2D eigenvalue weighted by molar-refractivity contribution is 6.48. The monoisotopic (exact) mass is 152 g/mol. The molecule has 58 valence electrons. The number of carbonyl (C=O) groups excluding carboxylic acids is 3. The standard InChI is InChI=1S/C8H8O3/c1-2-5-6(9)3-4-7(10)8(5)11/h3-5H,2H2,1H3. The molecule has 11 heavy (non-hydrogen) atoms. The van der Waals surface area contributed by atoms with E-state index in [0.29, 0.717) is 6.42 Å². The van der Waals surface area contributed by atoms with Gasteiger partial charge in [0.1, 0.15) is 0 Å². The number of hydrogen-bond donors (Lipinski definition) is 0. The molecule has 1 rings (SSSR count). The van der Waals surface area contributed by atoms with Gasteiger partial charge in [0.2, 0.25) is 11.6 Å². The lowest BCUT2D eigenvalue weighted by molar-refractivity contribution is -0.140. The van der Waals surface area contributed by atoms with Crippen LogP contribution in [0.1, 0.15) is 13.3 Å². The van der Waals surface area contributed by atoms with Crippen molar-refractivity contribution in [1.29, 1.82) is 0 Å². The Morgan fingerprint density at radius 2 is 1.91 bits per heavy atom. The molecule has 1 aliphatic rings. The molecule has 0 fully saturated rings. The number of ketones is 3. The molecule has 0 spiro atoms. The molecule has 0 bridgehead atoms. The van der Waals surface area contributed by atoms with Gasteiger partial charge in [-0.2, -0.15) is 0 Å². The SMILES string of the molecule is CCC1C(=O)C=CC(=O)C1=O. The van der Waals surface area contributed by atoms with Gasteiger partial charge in [-0.05, 0) is 18.6 Å². The lowest BCUT2D eigenvalue weighted by Gasteiger charge is -2.10. The Bertz CT molecular complexity index is 250. The fourth-order valence-electron chi connectivity index (χ4n) is 1.04. The highest BCUT2D eigenvalue weighted by atomic mass is 16.2. The second-order valence-electron chi connectivity index (χ2n) is 2.43. The van der Waals surface area contributed by atoms with E-state index in [4.69, 9.17) is 0 Å². The Kier molecular flexibility index (Phi) is 1.98. The Balaban J connectivity index is 2.96. The van der Waals surface area contributed by atoms with E-state index in [0.717, 1.165) is 6.08 Å². The van der Waals surface area contributed by atoms with E-state index < -0.39 is 17.5 Å². The first-order valence-electron chi connectivity index (χ1n) is 3.47. The van der Waals surface area contributed by atoms with Crippen molar-refractivity contribution in [1.82, 2.24) is 0 Å². The van der Waals surface area contributed by atoms with Crippen LogP contribution in [0.2, 0.25) is 0 Å². The zero-order valence-electron chi connectivity index (χ0n) is 6.16. The maximum Gasteiger partial charge on any atom is 0.222 e. The summed E-state index contributed by atoms with van der Waals surface area (Å²) < 4.78 is 0. The molecular formula is C8H8O3. The summed E-state index contributed by atoms with van der Waals surface area (Å²) in [4.78, 5) is 32.6. The van der Waals surface area contributed by atoms with Crippen LogP contribution < -0.4 is 0 Å². The van der Waals surface area contributed by atoms with Gasteiger partial charge in [0.05, 0.1) is 5.92 Å². The number of hydrogen-bond acceptors (Lipinski definition) is 3.